The molecule has 0 bridgehead atoms. The van der Waals surface area contributed by atoms with Crippen LogP contribution < -0.4 is 15.0 Å². The van der Waals surface area contributed by atoms with Gasteiger partial charge in [-0.1, -0.05) is 12.1 Å². The van der Waals surface area contributed by atoms with Crippen LogP contribution in [0.15, 0.2) is 36.5 Å². The molecule has 0 saturated carbocycles. The zero-order valence-electron chi connectivity index (χ0n) is 16.0. The molecule has 28 heavy (non-hydrogen) atoms. The summed E-state index contributed by atoms with van der Waals surface area (Å²) in [5.41, 5.74) is 3.24. The minimum atomic E-state index is -0.397. The van der Waals surface area contributed by atoms with E-state index in [0.29, 0.717) is 25.5 Å². The van der Waals surface area contributed by atoms with Crippen molar-refractivity contribution in [1.29, 1.82) is 5.26 Å². The van der Waals surface area contributed by atoms with E-state index in [1.165, 1.54) is 0 Å². The van der Waals surface area contributed by atoms with E-state index in [1.807, 2.05) is 30.3 Å². The maximum absolute atomic E-state index is 9.41. The third-order valence-corrected chi connectivity index (χ3v) is 5.33. The summed E-state index contributed by atoms with van der Waals surface area (Å²) in [5.74, 6) is 0.426. The number of aromatic nitrogens is 1. The predicted molar refractivity (Wildman–Crippen MR) is 105 cm³/mol. The molecule has 1 N–H and O–H groups in total. The number of rotatable bonds is 5. The average Bonchev–Trinajstić information content (AvgIpc) is 3.21. The molecule has 0 radical (unpaired) electrons. The van der Waals surface area contributed by atoms with Crippen LogP contribution in [0.4, 0.5) is 11.4 Å². The first-order valence-electron chi connectivity index (χ1n) is 9.51. The van der Waals surface area contributed by atoms with Gasteiger partial charge in [-0.25, -0.2) is 4.98 Å². The molecular formula is C21H24N4O3. The lowest BCUT2D eigenvalue weighted by molar-refractivity contribution is -0.169. The van der Waals surface area contributed by atoms with Crippen LogP contribution in [0.25, 0.3) is 0 Å². The van der Waals surface area contributed by atoms with E-state index in [4.69, 9.17) is 14.2 Å². The van der Waals surface area contributed by atoms with E-state index in [1.54, 1.807) is 13.3 Å². The highest BCUT2D eigenvalue weighted by atomic mass is 16.7. The van der Waals surface area contributed by atoms with Crippen molar-refractivity contribution < 1.29 is 14.2 Å². The summed E-state index contributed by atoms with van der Waals surface area (Å²) >= 11 is 0. The topological polar surface area (TPSA) is 79.6 Å². The number of anilines is 2. The molecule has 1 aromatic heterocycles. The van der Waals surface area contributed by atoms with Crippen LogP contribution in [0.1, 0.15) is 24.1 Å². The molecule has 2 aromatic rings. The summed E-state index contributed by atoms with van der Waals surface area (Å²) in [5, 5.41) is 12.8. The fourth-order valence-corrected chi connectivity index (χ4v) is 3.68. The Kier molecular flexibility index (Phi) is 5.33. The Labute approximate surface area is 164 Å². The number of nitrogens with one attached hydrogen (secondary N) is 1. The number of ether oxygens (including phenoxy) is 3. The number of benzene rings is 1. The molecule has 4 rings (SSSR count). The van der Waals surface area contributed by atoms with Crippen molar-refractivity contribution in [2.24, 2.45) is 0 Å². The van der Waals surface area contributed by atoms with Crippen LogP contribution in [0, 0.1) is 11.3 Å². The van der Waals surface area contributed by atoms with Crippen molar-refractivity contribution in [2.75, 3.05) is 43.6 Å². The summed E-state index contributed by atoms with van der Waals surface area (Å²) < 4.78 is 16.8. The quantitative estimate of drug-likeness (QED) is 0.854. The molecule has 146 valence electrons. The maximum atomic E-state index is 9.41. The van der Waals surface area contributed by atoms with Gasteiger partial charge in [0.2, 0.25) is 0 Å². The van der Waals surface area contributed by atoms with Crippen LogP contribution >= 0.6 is 0 Å². The van der Waals surface area contributed by atoms with Gasteiger partial charge in [0.25, 0.3) is 0 Å². The number of hydrogen-bond donors (Lipinski definition) is 1. The minimum absolute atomic E-state index is 0.396. The molecule has 0 unspecified atom stereocenters. The van der Waals surface area contributed by atoms with E-state index in [-0.39, 0.29) is 0 Å². The number of hydrogen-bond acceptors (Lipinski definition) is 7. The highest BCUT2D eigenvalue weighted by Crippen LogP contribution is 2.34. The monoisotopic (exact) mass is 380 g/mol. The Hall–Kier alpha value is -2.82. The molecule has 0 atom stereocenters. The summed E-state index contributed by atoms with van der Waals surface area (Å²) in [4.78, 5) is 6.62. The fraction of sp³-hybridized carbons (Fsp3) is 0.429. The van der Waals surface area contributed by atoms with Crippen LogP contribution in [0.3, 0.4) is 0 Å². The van der Waals surface area contributed by atoms with Crippen LogP contribution in [-0.2, 0) is 16.0 Å². The van der Waals surface area contributed by atoms with E-state index in [2.05, 4.69) is 21.3 Å². The van der Waals surface area contributed by atoms with Crippen LogP contribution in [-0.4, -0.2) is 44.2 Å². The Bertz CT molecular complexity index is 847. The molecule has 3 heterocycles. The normalized spacial score (nSPS) is 18.1. The van der Waals surface area contributed by atoms with Crippen molar-refractivity contribution >= 4 is 11.4 Å². The summed E-state index contributed by atoms with van der Waals surface area (Å²) in [6.07, 6.45) is 3.44. The zero-order valence-corrected chi connectivity index (χ0v) is 16.0. The van der Waals surface area contributed by atoms with Gasteiger partial charge >= 0.3 is 0 Å². The van der Waals surface area contributed by atoms with Gasteiger partial charge in [-0.2, -0.15) is 5.26 Å². The Morgan fingerprint density at radius 3 is 2.57 bits per heavy atom. The second-order valence-electron chi connectivity index (χ2n) is 7.00. The van der Waals surface area contributed by atoms with E-state index in [9.17, 15) is 5.26 Å². The smallest absolute Gasteiger partial charge is 0.171 e. The number of nitriles is 1. The van der Waals surface area contributed by atoms with Gasteiger partial charge in [0.15, 0.2) is 11.5 Å². The molecule has 2 aliphatic heterocycles. The SMILES string of the molecule is COc1ccc(CNc2cc(N3CCC4(CC3)OCCO4)cnc2C#N)cc1. The van der Waals surface area contributed by atoms with Crippen molar-refractivity contribution in [3.63, 3.8) is 0 Å². The van der Waals surface area contributed by atoms with Crippen LogP contribution in [0.5, 0.6) is 5.75 Å². The van der Waals surface area contributed by atoms with E-state index < -0.39 is 5.79 Å². The third-order valence-electron chi connectivity index (χ3n) is 5.33. The molecule has 2 saturated heterocycles. The number of piperidine rings is 1. The molecule has 7 nitrogen and oxygen atoms in total. The minimum Gasteiger partial charge on any atom is -0.497 e. The summed E-state index contributed by atoms with van der Waals surface area (Å²) in [6, 6.07) is 12.0. The molecule has 0 amide bonds. The van der Waals surface area contributed by atoms with Gasteiger partial charge in [0, 0.05) is 32.5 Å². The van der Waals surface area contributed by atoms with Gasteiger partial charge in [-0.05, 0) is 23.8 Å². The van der Waals surface area contributed by atoms with Gasteiger partial charge in [-0.3, -0.25) is 0 Å². The first-order valence-corrected chi connectivity index (χ1v) is 9.51. The van der Waals surface area contributed by atoms with Gasteiger partial charge in [-0.15, -0.1) is 0 Å². The first kappa shape index (κ1) is 18.5. The van der Waals surface area contributed by atoms with Crippen molar-refractivity contribution in [2.45, 2.75) is 25.2 Å². The zero-order chi connectivity index (χ0) is 19.4. The summed E-state index contributed by atoms with van der Waals surface area (Å²) in [7, 11) is 1.65. The lowest BCUT2D eigenvalue weighted by Gasteiger charge is -2.38. The highest BCUT2D eigenvalue weighted by molar-refractivity contribution is 5.62. The molecular weight excluding hydrogens is 356 g/mol. The van der Waals surface area contributed by atoms with Crippen molar-refractivity contribution in [1.82, 2.24) is 4.98 Å². The standard InChI is InChI=1S/C21H24N4O3/c1-26-18-4-2-16(3-5-18)14-23-19-12-17(15-24-20(19)13-22)25-8-6-21(7-9-25)27-10-11-28-21/h2-5,12,15,23H,6-11,14H2,1H3. The second-order valence-corrected chi connectivity index (χ2v) is 7.00. The lowest BCUT2D eigenvalue weighted by Crippen LogP contribution is -2.45. The molecule has 1 spiro atoms. The van der Waals surface area contributed by atoms with E-state index in [0.717, 1.165) is 48.6 Å². The molecule has 2 fully saturated rings. The largest absolute Gasteiger partial charge is 0.497 e. The number of methoxy groups -OCH3 is 1. The Morgan fingerprint density at radius 2 is 1.93 bits per heavy atom. The average molecular weight is 380 g/mol. The fourth-order valence-electron chi connectivity index (χ4n) is 3.68. The molecule has 1 aromatic carbocycles. The van der Waals surface area contributed by atoms with Crippen LogP contribution in [0.2, 0.25) is 0 Å². The second kappa shape index (κ2) is 8.05. The maximum Gasteiger partial charge on any atom is 0.171 e. The summed E-state index contributed by atoms with van der Waals surface area (Å²) in [6.45, 7) is 3.64. The first-order chi connectivity index (χ1) is 13.7. The molecule has 2 aliphatic rings. The number of nitrogens with zero attached hydrogens (tertiary/aromatic N) is 3. The lowest BCUT2D eigenvalue weighted by atomic mass is 10.0. The van der Waals surface area contributed by atoms with Crippen molar-refractivity contribution in [3.8, 4) is 11.8 Å². The third kappa shape index (κ3) is 3.88. The predicted octanol–water partition coefficient (Wildman–Crippen LogP) is 2.92. The van der Waals surface area contributed by atoms with Gasteiger partial charge in [0.1, 0.15) is 11.8 Å². The Balaban J connectivity index is 1.44. The van der Waals surface area contributed by atoms with Gasteiger partial charge < -0.3 is 24.4 Å². The molecule has 7 heteroatoms. The number of pyridine rings is 1. The van der Waals surface area contributed by atoms with Crippen molar-refractivity contribution in [3.05, 3.63) is 47.8 Å². The molecule has 0 aliphatic carbocycles. The highest BCUT2D eigenvalue weighted by Gasteiger charge is 2.39. The van der Waals surface area contributed by atoms with Gasteiger partial charge in [0.05, 0.1) is 37.9 Å². The van der Waals surface area contributed by atoms with E-state index >= 15 is 0 Å². The Morgan fingerprint density at radius 1 is 1.21 bits per heavy atom.